The van der Waals surface area contributed by atoms with Crippen LogP contribution < -0.4 is 4.90 Å². The van der Waals surface area contributed by atoms with Crippen molar-refractivity contribution < 1.29 is 19.5 Å². The van der Waals surface area contributed by atoms with Crippen LogP contribution in [-0.2, 0) is 9.59 Å². The second kappa shape index (κ2) is 5.86. The van der Waals surface area contributed by atoms with Crippen LogP contribution in [0, 0.1) is 5.92 Å². The van der Waals surface area contributed by atoms with E-state index < -0.39 is 5.97 Å². The lowest BCUT2D eigenvalue weighted by Crippen LogP contribution is -2.34. The van der Waals surface area contributed by atoms with Crippen molar-refractivity contribution in [2.24, 2.45) is 5.92 Å². The van der Waals surface area contributed by atoms with Crippen LogP contribution >= 0.6 is 0 Å². The van der Waals surface area contributed by atoms with Crippen molar-refractivity contribution >= 4 is 23.3 Å². The lowest BCUT2D eigenvalue weighted by Gasteiger charge is -2.22. The molecule has 5 heteroatoms. The standard InChI is InChI=1S/C15H17NO4/c1-10(17)12-3-2-4-13(9-12)16(8-7-14(18)19)15(20)11-5-6-11/h2-4,9,11H,5-8H2,1H3,(H,18,19). The molecule has 0 radical (unpaired) electrons. The van der Waals surface area contributed by atoms with Crippen molar-refractivity contribution in [3.05, 3.63) is 29.8 Å². The molecule has 1 aliphatic rings. The summed E-state index contributed by atoms with van der Waals surface area (Å²) in [6.07, 6.45) is 1.60. The number of carbonyl (C=O) groups is 3. The van der Waals surface area contributed by atoms with Crippen LogP contribution in [0.4, 0.5) is 5.69 Å². The van der Waals surface area contributed by atoms with Crippen molar-refractivity contribution in [3.63, 3.8) is 0 Å². The highest BCUT2D eigenvalue weighted by molar-refractivity contribution is 5.99. The molecular weight excluding hydrogens is 258 g/mol. The van der Waals surface area contributed by atoms with E-state index >= 15 is 0 Å². The second-order valence-electron chi connectivity index (χ2n) is 5.01. The van der Waals surface area contributed by atoms with E-state index in [1.807, 2.05) is 0 Å². The van der Waals surface area contributed by atoms with Gasteiger partial charge in [-0.05, 0) is 31.9 Å². The van der Waals surface area contributed by atoms with Crippen LogP contribution in [0.1, 0.15) is 36.5 Å². The van der Waals surface area contributed by atoms with Crippen LogP contribution in [0.15, 0.2) is 24.3 Å². The van der Waals surface area contributed by atoms with E-state index in [1.165, 1.54) is 11.8 Å². The van der Waals surface area contributed by atoms with Crippen LogP contribution in [0.3, 0.4) is 0 Å². The molecular formula is C15H17NO4. The van der Waals surface area contributed by atoms with Gasteiger partial charge in [0.25, 0.3) is 0 Å². The lowest BCUT2D eigenvalue weighted by atomic mass is 10.1. The Morgan fingerprint density at radius 1 is 1.30 bits per heavy atom. The van der Waals surface area contributed by atoms with E-state index in [-0.39, 0.29) is 30.6 Å². The number of carboxylic acid groups (broad SMARTS) is 1. The number of nitrogens with zero attached hydrogens (tertiary/aromatic N) is 1. The summed E-state index contributed by atoms with van der Waals surface area (Å²) in [4.78, 5) is 35.9. The highest BCUT2D eigenvalue weighted by atomic mass is 16.4. The van der Waals surface area contributed by atoms with Crippen molar-refractivity contribution in [1.29, 1.82) is 0 Å². The first-order valence-electron chi connectivity index (χ1n) is 6.63. The molecule has 1 aliphatic carbocycles. The molecule has 0 saturated heterocycles. The van der Waals surface area contributed by atoms with Crippen molar-refractivity contribution in [2.75, 3.05) is 11.4 Å². The van der Waals surface area contributed by atoms with Gasteiger partial charge >= 0.3 is 5.97 Å². The Bertz CT molecular complexity index is 549. The minimum atomic E-state index is -0.943. The van der Waals surface area contributed by atoms with Crippen LogP contribution in [0.2, 0.25) is 0 Å². The topological polar surface area (TPSA) is 74.7 Å². The number of rotatable bonds is 6. The van der Waals surface area contributed by atoms with Crippen LogP contribution in [0.25, 0.3) is 0 Å². The van der Waals surface area contributed by atoms with E-state index in [2.05, 4.69) is 0 Å². The Morgan fingerprint density at radius 3 is 2.55 bits per heavy atom. The van der Waals surface area contributed by atoms with Gasteiger partial charge in [0.05, 0.1) is 6.42 Å². The molecule has 0 aliphatic heterocycles. The normalized spacial score (nSPS) is 13.8. The maximum atomic E-state index is 12.2. The quantitative estimate of drug-likeness (QED) is 0.807. The highest BCUT2D eigenvalue weighted by Gasteiger charge is 2.34. The van der Waals surface area contributed by atoms with Gasteiger partial charge in [-0.15, -0.1) is 0 Å². The van der Waals surface area contributed by atoms with E-state index in [4.69, 9.17) is 5.11 Å². The Morgan fingerprint density at radius 2 is 2.00 bits per heavy atom. The summed E-state index contributed by atoms with van der Waals surface area (Å²) in [5.74, 6) is -1.07. The number of benzene rings is 1. The Kier molecular flexibility index (Phi) is 4.17. The molecule has 1 aromatic rings. The summed E-state index contributed by atoms with van der Waals surface area (Å²) in [6, 6.07) is 6.77. The molecule has 106 valence electrons. The van der Waals surface area contributed by atoms with Crippen LogP contribution in [0.5, 0.6) is 0 Å². The number of Topliss-reactive ketones (excluding diaryl/α,β-unsaturated/α-hetero) is 1. The minimum Gasteiger partial charge on any atom is -0.481 e. The van der Waals surface area contributed by atoms with Gasteiger partial charge in [-0.2, -0.15) is 0 Å². The molecule has 1 fully saturated rings. The lowest BCUT2D eigenvalue weighted by molar-refractivity contribution is -0.136. The van der Waals surface area contributed by atoms with Crippen LogP contribution in [-0.4, -0.2) is 29.3 Å². The third-order valence-corrected chi connectivity index (χ3v) is 3.31. The number of aliphatic carboxylic acids is 1. The summed E-state index contributed by atoms with van der Waals surface area (Å²) < 4.78 is 0. The average Bonchev–Trinajstić information content (AvgIpc) is 3.23. The zero-order valence-corrected chi connectivity index (χ0v) is 11.3. The highest BCUT2D eigenvalue weighted by Crippen LogP contribution is 2.33. The summed E-state index contributed by atoms with van der Waals surface area (Å²) >= 11 is 0. The number of hydrogen-bond donors (Lipinski definition) is 1. The van der Waals surface area contributed by atoms with Crippen molar-refractivity contribution in [2.45, 2.75) is 26.2 Å². The monoisotopic (exact) mass is 275 g/mol. The van der Waals surface area contributed by atoms with Gasteiger partial charge in [0.1, 0.15) is 0 Å². The molecule has 5 nitrogen and oxygen atoms in total. The van der Waals surface area contributed by atoms with Crippen molar-refractivity contribution in [1.82, 2.24) is 0 Å². The third-order valence-electron chi connectivity index (χ3n) is 3.31. The number of ketones is 1. The fourth-order valence-electron chi connectivity index (χ4n) is 2.02. The summed E-state index contributed by atoms with van der Waals surface area (Å²) in [5, 5.41) is 8.80. The van der Waals surface area contributed by atoms with E-state index in [0.717, 1.165) is 12.8 Å². The first-order valence-corrected chi connectivity index (χ1v) is 6.63. The number of carboxylic acids is 1. The van der Waals surface area contributed by atoms with Gasteiger partial charge in [-0.25, -0.2) is 0 Å². The zero-order chi connectivity index (χ0) is 14.7. The van der Waals surface area contributed by atoms with Gasteiger partial charge in [-0.1, -0.05) is 12.1 Å². The molecule has 1 N–H and O–H groups in total. The molecule has 0 heterocycles. The molecule has 1 amide bonds. The third kappa shape index (κ3) is 3.44. The van der Waals surface area contributed by atoms with E-state index in [1.54, 1.807) is 24.3 Å². The van der Waals surface area contributed by atoms with E-state index in [0.29, 0.717) is 11.3 Å². The Labute approximate surface area is 117 Å². The number of hydrogen-bond acceptors (Lipinski definition) is 3. The summed E-state index contributed by atoms with van der Waals surface area (Å²) in [6.45, 7) is 1.59. The molecule has 1 saturated carbocycles. The Hall–Kier alpha value is -2.17. The maximum absolute atomic E-state index is 12.2. The number of carbonyl (C=O) groups excluding carboxylic acids is 2. The molecule has 1 aromatic carbocycles. The maximum Gasteiger partial charge on any atom is 0.305 e. The summed E-state index contributed by atoms with van der Waals surface area (Å²) in [5.41, 5.74) is 1.11. The Balaban J connectivity index is 2.24. The number of anilines is 1. The largest absolute Gasteiger partial charge is 0.481 e. The molecule has 0 aromatic heterocycles. The first kappa shape index (κ1) is 14.2. The molecule has 2 rings (SSSR count). The predicted molar refractivity (Wildman–Crippen MR) is 73.8 cm³/mol. The molecule has 0 unspecified atom stereocenters. The number of amides is 1. The van der Waals surface area contributed by atoms with Crippen molar-refractivity contribution in [3.8, 4) is 0 Å². The molecule has 20 heavy (non-hydrogen) atoms. The van der Waals surface area contributed by atoms with Gasteiger partial charge in [0.2, 0.25) is 5.91 Å². The second-order valence-corrected chi connectivity index (χ2v) is 5.01. The van der Waals surface area contributed by atoms with Gasteiger partial charge in [0.15, 0.2) is 5.78 Å². The zero-order valence-electron chi connectivity index (χ0n) is 11.3. The summed E-state index contributed by atoms with van der Waals surface area (Å²) in [7, 11) is 0. The van der Waals surface area contributed by atoms with Gasteiger partial charge in [0, 0.05) is 23.7 Å². The minimum absolute atomic E-state index is 0.00443. The molecule has 0 atom stereocenters. The molecule has 0 spiro atoms. The predicted octanol–water partition coefficient (Wildman–Crippen LogP) is 2.11. The van der Waals surface area contributed by atoms with E-state index in [9.17, 15) is 14.4 Å². The fourth-order valence-corrected chi connectivity index (χ4v) is 2.02. The SMILES string of the molecule is CC(=O)c1cccc(N(CCC(=O)O)C(=O)C2CC2)c1. The first-order chi connectivity index (χ1) is 9.49. The smallest absolute Gasteiger partial charge is 0.305 e. The fraction of sp³-hybridized carbons (Fsp3) is 0.400. The average molecular weight is 275 g/mol. The molecule has 0 bridgehead atoms. The van der Waals surface area contributed by atoms with Gasteiger partial charge < -0.3 is 10.0 Å². The van der Waals surface area contributed by atoms with Gasteiger partial charge in [-0.3, -0.25) is 14.4 Å².